The summed E-state index contributed by atoms with van der Waals surface area (Å²) in [6.45, 7) is 0.520. The Labute approximate surface area is 149 Å². The van der Waals surface area contributed by atoms with Gasteiger partial charge in [0.05, 0.1) is 12.0 Å². The summed E-state index contributed by atoms with van der Waals surface area (Å²) in [7, 11) is 0. The number of para-hydroxylation sites is 1. The van der Waals surface area contributed by atoms with Crippen LogP contribution in [0.4, 0.5) is 0 Å². The number of aromatic nitrogens is 1. The molecular formula is C18H21N3O5. The molecule has 1 saturated heterocycles. The predicted molar refractivity (Wildman–Crippen MR) is 93.8 cm³/mol. The predicted octanol–water partition coefficient (Wildman–Crippen LogP) is 0.895. The van der Waals surface area contributed by atoms with Crippen LogP contribution in [0.15, 0.2) is 30.3 Å². The Morgan fingerprint density at radius 2 is 1.88 bits per heavy atom. The van der Waals surface area contributed by atoms with E-state index in [4.69, 9.17) is 4.74 Å². The fourth-order valence-corrected chi connectivity index (χ4v) is 3.01. The SMILES string of the molecule is O=C(CNC(=O)c1cc2ccccc2[nH]1)NCC1(C(=O)O)CCOCC1. The van der Waals surface area contributed by atoms with E-state index < -0.39 is 23.2 Å². The largest absolute Gasteiger partial charge is 0.481 e. The van der Waals surface area contributed by atoms with Gasteiger partial charge in [0.25, 0.3) is 5.91 Å². The van der Waals surface area contributed by atoms with Crippen LogP contribution >= 0.6 is 0 Å². The molecule has 1 aromatic heterocycles. The van der Waals surface area contributed by atoms with Gasteiger partial charge >= 0.3 is 5.97 Å². The van der Waals surface area contributed by atoms with Crippen molar-refractivity contribution in [2.75, 3.05) is 26.3 Å². The highest BCUT2D eigenvalue weighted by molar-refractivity contribution is 5.99. The van der Waals surface area contributed by atoms with Crippen LogP contribution in [-0.2, 0) is 14.3 Å². The Hall–Kier alpha value is -2.87. The molecule has 1 aromatic carbocycles. The lowest BCUT2D eigenvalue weighted by atomic mass is 9.80. The molecule has 0 unspecified atom stereocenters. The molecule has 2 amide bonds. The zero-order chi connectivity index (χ0) is 18.6. The number of amides is 2. The number of aliphatic carboxylic acids is 1. The average molecular weight is 359 g/mol. The molecule has 2 heterocycles. The monoisotopic (exact) mass is 359 g/mol. The molecule has 0 atom stereocenters. The van der Waals surface area contributed by atoms with Crippen LogP contribution in [0.3, 0.4) is 0 Å². The summed E-state index contributed by atoms with van der Waals surface area (Å²) in [4.78, 5) is 38.7. The first-order valence-electron chi connectivity index (χ1n) is 8.44. The van der Waals surface area contributed by atoms with Crippen molar-refractivity contribution in [3.05, 3.63) is 36.0 Å². The van der Waals surface area contributed by atoms with Crippen molar-refractivity contribution in [2.45, 2.75) is 12.8 Å². The molecule has 26 heavy (non-hydrogen) atoms. The molecule has 1 fully saturated rings. The lowest BCUT2D eigenvalue weighted by molar-refractivity contribution is -0.154. The lowest BCUT2D eigenvalue weighted by Crippen LogP contribution is -2.48. The number of carbonyl (C=O) groups is 3. The van der Waals surface area contributed by atoms with Gasteiger partial charge in [0.1, 0.15) is 5.69 Å². The van der Waals surface area contributed by atoms with Crippen molar-refractivity contribution < 1.29 is 24.2 Å². The van der Waals surface area contributed by atoms with E-state index in [9.17, 15) is 19.5 Å². The molecule has 8 nitrogen and oxygen atoms in total. The van der Waals surface area contributed by atoms with Gasteiger partial charge in [-0.3, -0.25) is 14.4 Å². The number of carboxylic acids is 1. The quantitative estimate of drug-likeness (QED) is 0.611. The number of rotatable bonds is 6. The van der Waals surface area contributed by atoms with Crippen LogP contribution in [0, 0.1) is 5.41 Å². The maximum absolute atomic E-state index is 12.2. The van der Waals surface area contributed by atoms with Crippen LogP contribution in [0.5, 0.6) is 0 Å². The smallest absolute Gasteiger partial charge is 0.311 e. The number of aromatic amines is 1. The van der Waals surface area contributed by atoms with Gasteiger partial charge in [-0.2, -0.15) is 0 Å². The highest BCUT2D eigenvalue weighted by Gasteiger charge is 2.40. The first-order chi connectivity index (χ1) is 12.5. The Morgan fingerprint density at radius 1 is 1.15 bits per heavy atom. The molecule has 8 heteroatoms. The van der Waals surface area contributed by atoms with Gasteiger partial charge in [-0.15, -0.1) is 0 Å². The Kier molecular flexibility index (Phi) is 5.22. The van der Waals surface area contributed by atoms with Gasteiger partial charge in [0.15, 0.2) is 0 Å². The third kappa shape index (κ3) is 3.85. The second-order valence-electron chi connectivity index (χ2n) is 6.43. The number of carboxylic acid groups (broad SMARTS) is 1. The number of H-pyrrole nitrogens is 1. The summed E-state index contributed by atoms with van der Waals surface area (Å²) in [5, 5.41) is 15.5. The van der Waals surface area contributed by atoms with Gasteiger partial charge in [-0.1, -0.05) is 18.2 Å². The normalized spacial score (nSPS) is 16.2. The number of nitrogens with one attached hydrogen (secondary N) is 3. The molecule has 138 valence electrons. The first-order valence-corrected chi connectivity index (χ1v) is 8.44. The molecule has 0 saturated carbocycles. The minimum atomic E-state index is -1.00. The van der Waals surface area contributed by atoms with Crippen molar-refractivity contribution in [1.29, 1.82) is 0 Å². The third-order valence-electron chi connectivity index (χ3n) is 4.71. The highest BCUT2D eigenvalue weighted by Crippen LogP contribution is 2.30. The lowest BCUT2D eigenvalue weighted by Gasteiger charge is -2.33. The van der Waals surface area contributed by atoms with E-state index in [2.05, 4.69) is 15.6 Å². The summed E-state index contributed by atoms with van der Waals surface area (Å²) in [6, 6.07) is 9.19. The average Bonchev–Trinajstić information content (AvgIpc) is 3.09. The molecule has 0 bridgehead atoms. The van der Waals surface area contributed by atoms with Crippen LogP contribution in [0.1, 0.15) is 23.3 Å². The van der Waals surface area contributed by atoms with E-state index in [1.165, 1.54) is 0 Å². The molecular weight excluding hydrogens is 338 g/mol. The van der Waals surface area contributed by atoms with Crippen molar-refractivity contribution in [3.8, 4) is 0 Å². The van der Waals surface area contributed by atoms with Crippen molar-refractivity contribution >= 4 is 28.7 Å². The number of hydrogen-bond donors (Lipinski definition) is 4. The molecule has 0 spiro atoms. The fourth-order valence-electron chi connectivity index (χ4n) is 3.01. The van der Waals surface area contributed by atoms with E-state index in [-0.39, 0.29) is 13.1 Å². The second kappa shape index (κ2) is 7.57. The molecule has 1 aliphatic heterocycles. The van der Waals surface area contributed by atoms with E-state index in [1.807, 2.05) is 24.3 Å². The number of fused-ring (bicyclic) bond motifs is 1. The highest BCUT2D eigenvalue weighted by atomic mass is 16.5. The van der Waals surface area contributed by atoms with E-state index in [0.29, 0.717) is 31.7 Å². The standard InChI is InChI=1S/C18H21N3O5/c22-15(20-11-18(17(24)25)5-7-26-8-6-18)10-19-16(23)14-9-12-3-1-2-4-13(12)21-14/h1-4,9,21H,5-8,10-11H2,(H,19,23)(H,20,22)(H,24,25). The van der Waals surface area contributed by atoms with Crippen LogP contribution in [-0.4, -0.2) is 54.2 Å². The van der Waals surface area contributed by atoms with Crippen LogP contribution in [0.2, 0.25) is 0 Å². The van der Waals surface area contributed by atoms with Crippen molar-refractivity contribution in [3.63, 3.8) is 0 Å². The zero-order valence-electron chi connectivity index (χ0n) is 14.2. The topological polar surface area (TPSA) is 121 Å². The molecule has 4 N–H and O–H groups in total. The maximum atomic E-state index is 12.2. The summed E-state index contributed by atoms with van der Waals surface area (Å²) in [6.07, 6.45) is 0.702. The summed E-state index contributed by atoms with van der Waals surface area (Å²) < 4.78 is 5.20. The van der Waals surface area contributed by atoms with Gasteiger partial charge in [0.2, 0.25) is 5.91 Å². The molecule has 0 aliphatic carbocycles. The summed E-state index contributed by atoms with van der Waals surface area (Å²) in [5.41, 5.74) is 0.199. The Balaban J connectivity index is 1.51. The van der Waals surface area contributed by atoms with Crippen LogP contribution in [0.25, 0.3) is 10.9 Å². The van der Waals surface area contributed by atoms with Crippen LogP contribution < -0.4 is 10.6 Å². The van der Waals surface area contributed by atoms with Crippen molar-refractivity contribution in [1.82, 2.24) is 15.6 Å². The molecule has 0 radical (unpaired) electrons. The molecule has 2 aromatic rings. The van der Waals surface area contributed by atoms with E-state index in [1.54, 1.807) is 6.07 Å². The fraction of sp³-hybridized carbons (Fsp3) is 0.389. The number of benzene rings is 1. The number of ether oxygens (including phenoxy) is 1. The summed E-state index contributed by atoms with van der Waals surface area (Å²) in [5.74, 6) is -1.76. The zero-order valence-corrected chi connectivity index (χ0v) is 14.2. The molecule has 3 rings (SSSR count). The Morgan fingerprint density at radius 3 is 2.58 bits per heavy atom. The second-order valence-corrected chi connectivity index (χ2v) is 6.43. The minimum absolute atomic E-state index is 0.0206. The number of hydrogen-bond acceptors (Lipinski definition) is 4. The van der Waals surface area contributed by atoms with Gasteiger partial charge in [-0.25, -0.2) is 0 Å². The maximum Gasteiger partial charge on any atom is 0.311 e. The van der Waals surface area contributed by atoms with Gasteiger partial charge in [0, 0.05) is 30.7 Å². The van der Waals surface area contributed by atoms with E-state index in [0.717, 1.165) is 10.9 Å². The summed E-state index contributed by atoms with van der Waals surface area (Å²) >= 11 is 0. The first kappa shape index (κ1) is 17.9. The van der Waals surface area contributed by atoms with Gasteiger partial charge in [-0.05, 0) is 25.0 Å². The third-order valence-corrected chi connectivity index (χ3v) is 4.71. The molecule has 1 aliphatic rings. The Bertz CT molecular complexity index is 790. The number of carbonyl (C=O) groups excluding carboxylic acids is 2. The van der Waals surface area contributed by atoms with Crippen molar-refractivity contribution in [2.24, 2.45) is 5.41 Å². The minimum Gasteiger partial charge on any atom is -0.481 e. The van der Waals surface area contributed by atoms with E-state index >= 15 is 0 Å². The van der Waals surface area contributed by atoms with Gasteiger partial charge < -0.3 is 25.5 Å².